The summed E-state index contributed by atoms with van der Waals surface area (Å²) in [7, 11) is 0. The van der Waals surface area contributed by atoms with Gasteiger partial charge in [0.15, 0.2) is 5.78 Å². The van der Waals surface area contributed by atoms with Crippen LogP contribution in [0, 0.1) is 0 Å². The summed E-state index contributed by atoms with van der Waals surface area (Å²) < 4.78 is 1.82. The van der Waals surface area contributed by atoms with Crippen molar-refractivity contribution in [2.75, 3.05) is 0 Å². The van der Waals surface area contributed by atoms with E-state index in [1.165, 1.54) is 0 Å². The number of nitrogens with zero attached hydrogens (tertiary/aromatic N) is 1. The first-order chi connectivity index (χ1) is 11.7. The Kier molecular flexibility index (Phi) is 3.57. The molecule has 0 amide bonds. The number of ketones is 1. The minimum atomic E-state index is 0.00459. The summed E-state index contributed by atoms with van der Waals surface area (Å²) in [6.45, 7) is 2.80. The quantitative estimate of drug-likeness (QED) is 0.523. The average molecular weight is 317 g/mol. The van der Waals surface area contributed by atoms with Crippen LogP contribution in [0.3, 0.4) is 0 Å². The van der Waals surface area contributed by atoms with Gasteiger partial charge in [-0.2, -0.15) is 0 Å². The highest BCUT2D eigenvalue weighted by molar-refractivity contribution is 6.26. The largest absolute Gasteiger partial charge is 0.307 e. The van der Waals surface area contributed by atoms with Crippen LogP contribution in [0.15, 0.2) is 53.3 Å². The predicted molar refractivity (Wildman–Crippen MR) is 96.6 cm³/mol. The molecule has 0 saturated carbocycles. The van der Waals surface area contributed by atoms with E-state index < -0.39 is 0 Å². The fraction of sp³-hybridized carbons (Fsp3) is 0.238. The lowest BCUT2D eigenvalue weighted by Gasteiger charge is -2.14. The Hall–Kier alpha value is -2.68. The predicted octanol–water partition coefficient (Wildman–Crippen LogP) is 4.40. The van der Waals surface area contributed by atoms with Crippen molar-refractivity contribution in [2.45, 2.75) is 32.7 Å². The molecule has 4 rings (SSSR count). The first-order valence-corrected chi connectivity index (χ1v) is 8.53. The highest BCUT2D eigenvalue weighted by Crippen LogP contribution is 2.39. The van der Waals surface area contributed by atoms with Crippen LogP contribution >= 0.6 is 0 Å². The van der Waals surface area contributed by atoms with Gasteiger partial charge in [0, 0.05) is 28.4 Å². The number of rotatable bonds is 4. The fourth-order valence-corrected chi connectivity index (χ4v) is 3.66. The molecule has 0 spiro atoms. The third-order valence-electron chi connectivity index (χ3n) is 4.82. The molecule has 0 unspecified atom stereocenters. The van der Waals surface area contributed by atoms with Crippen LogP contribution in [-0.2, 0) is 6.54 Å². The maximum atomic E-state index is 13.1. The van der Waals surface area contributed by atoms with Crippen LogP contribution in [0.4, 0.5) is 0 Å². The van der Waals surface area contributed by atoms with Gasteiger partial charge in [0.1, 0.15) is 0 Å². The normalized spacial score (nSPS) is 12.5. The van der Waals surface area contributed by atoms with E-state index in [0.717, 1.165) is 35.9 Å². The monoisotopic (exact) mass is 317 g/mol. The number of hydrogen-bond donors (Lipinski definition) is 0. The van der Waals surface area contributed by atoms with Gasteiger partial charge >= 0.3 is 0 Å². The van der Waals surface area contributed by atoms with Gasteiger partial charge in [-0.3, -0.25) is 9.59 Å². The summed E-state index contributed by atoms with van der Waals surface area (Å²) in [6, 6.07) is 15.1. The van der Waals surface area contributed by atoms with Crippen LogP contribution in [0.2, 0.25) is 0 Å². The summed E-state index contributed by atoms with van der Waals surface area (Å²) in [5, 5.41) is 1.40. The molecule has 0 saturated heterocycles. The summed E-state index contributed by atoms with van der Waals surface area (Å²) >= 11 is 0. The molecule has 0 fully saturated rings. The fourth-order valence-electron chi connectivity index (χ4n) is 3.66. The van der Waals surface area contributed by atoms with Crippen molar-refractivity contribution in [1.29, 1.82) is 0 Å². The second-order valence-corrected chi connectivity index (χ2v) is 6.31. The van der Waals surface area contributed by atoms with Gasteiger partial charge < -0.3 is 4.57 Å². The third-order valence-corrected chi connectivity index (χ3v) is 4.82. The van der Waals surface area contributed by atoms with E-state index in [1.807, 2.05) is 53.1 Å². The Morgan fingerprint density at radius 1 is 0.833 bits per heavy atom. The summed E-state index contributed by atoms with van der Waals surface area (Å²) in [5.74, 6) is 0.0287. The molecular weight excluding hydrogens is 298 g/mol. The molecule has 0 N–H and O–H groups in total. The Labute approximate surface area is 140 Å². The van der Waals surface area contributed by atoms with Crippen molar-refractivity contribution < 1.29 is 4.79 Å². The molecule has 3 nitrogen and oxygen atoms in total. The van der Waals surface area contributed by atoms with Crippen molar-refractivity contribution in [3.05, 3.63) is 70.0 Å². The standard InChI is InChI=1S/C21H19NO2/c1-2-3-8-13-22-19-15-10-5-6-11-16(15)20(23)18(19)14-9-4-7-12-17(14)21(22)24/h4-7,9-12H,2-3,8,13H2,1H3. The highest BCUT2D eigenvalue weighted by atomic mass is 16.1. The first kappa shape index (κ1) is 14.9. The summed E-state index contributed by atoms with van der Waals surface area (Å²) in [4.78, 5) is 26.0. The minimum absolute atomic E-state index is 0.00459. The zero-order valence-electron chi connectivity index (χ0n) is 13.7. The zero-order valence-corrected chi connectivity index (χ0v) is 13.7. The molecular formula is C21H19NO2. The number of pyridine rings is 1. The molecule has 2 aromatic carbocycles. The molecule has 1 aliphatic carbocycles. The van der Waals surface area contributed by atoms with Crippen molar-refractivity contribution in [2.24, 2.45) is 0 Å². The average Bonchev–Trinajstić information content (AvgIpc) is 2.91. The highest BCUT2D eigenvalue weighted by Gasteiger charge is 2.31. The number of hydrogen-bond acceptors (Lipinski definition) is 2. The molecule has 1 heterocycles. The van der Waals surface area contributed by atoms with Gasteiger partial charge in [0.05, 0.1) is 11.3 Å². The molecule has 1 aliphatic rings. The lowest BCUT2D eigenvalue weighted by atomic mass is 10.0. The summed E-state index contributed by atoms with van der Waals surface area (Å²) in [6.07, 6.45) is 3.11. The van der Waals surface area contributed by atoms with E-state index in [1.54, 1.807) is 0 Å². The van der Waals surface area contributed by atoms with E-state index in [2.05, 4.69) is 6.92 Å². The minimum Gasteiger partial charge on any atom is -0.307 e. The molecule has 1 aromatic heterocycles. The van der Waals surface area contributed by atoms with E-state index in [9.17, 15) is 9.59 Å². The van der Waals surface area contributed by atoms with E-state index >= 15 is 0 Å². The van der Waals surface area contributed by atoms with Gasteiger partial charge in [-0.1, -0.05) is 62.2 Å². The Morgan fingerprint density at radius 3 is 2.25 bits per heavy atom. The number of benzene rings is 2. The van der Waals surface area contributed by atoms with Crippen molar-refractivity contribution in [1.82, 2.24) is 4.57 Å². The molecule has 3 aromatic rings. The zero-order chi connectivity index (χ0) is 16.7. The Balaban J connectivity index is 2.07. The van der Waals surface area contributed by atoms with Gasteiger partial charge in [-0.15, -0.1) is 0 Å². The van der Waals surface area contributed by atoms with E-state index in [4.69, 9.17) is 0 Å². The van der Waals surface area contributed by atoms with Gasteiger partial charge in [-0.25, -0.2) is 0 Å². The number of carbonyl (C=O) groups excluding carboxylic acids is 1. The number of unbranched alkanes of at least 4 members (excludes halogenated alkanes) is 2. The maximum Gasteiger partial charge on any atom is 0.258 e. The van der Waals surface area contributed by atoms with Gasteiger partial charge in [0.2, 0.25) is 0 Å². The van der Waals surface area contributed by atoms with Gasteiger partial charge in [-0.05, 0) is 12.5 Å². The number of fused-ring (bicyclic) bond motifs is 5. The smallest absolute Gasteiger partial charge is 0.258 e. The maximum absolute atomic E-state index is 13.1. The number of aromatic nitrogens is 1. The van der Waals surface area contributed by atoms with Crippen molar-refractivity contribution >= 4 is 16.6 Å². The summed E-state index contributed by atoms with van der Waals surface area (Å²) in [5.41, 5.74) is 3.08. The topological polar surface area (TPSA) is 39.1 Å². The van der Waals surface area contributed by atoms with Crippen LogP contribution in [0.25, 0.3) is 22.0 Å². The van der Waals surface area contributed by atoms with Crippen molar-refractivity contribution in [3.8, 4) is 11.3 Å². The molecule has 24 heavy (non-hydrogen) atoms. The van der Waals surface area contributed by atoms with Crippen LogP contribution in [-0.4, -0.2) is 10.4 Å². The molecule has 3 heteroatoms. The van der Waals surface area contributed by atoms with Crippen LogP contribution in [0.1, 0.15) is 42.1 Å². The molecule has 0 bridgehead atoms. The molecule has 0 aliphatic heterocycles. The van der Waals surface area contributed by atoms with Crippen LogP contribution in [0.5, 0.6) is 0 Å². The first-order valence-electron chi connectivity index (χ1n) is 8.53. The molecule has 120 valence electrons. The SMILES string of the molecule is CCCCCn1c2c(c3ccccc3c1=O)C(=O)c1ccccc1-2. The van der Waals surface area contributed by atoms with E-state index in [-0.39, 0.29) is 11.3 Å². The lowest BCUT2D eigenvalue weighted by Crippen LogP contribution is -2.23. The van der Waals surface area contributed by atoms with Crippen LogP contribution < -0.4 is 5.56 Å². The second kappa shape index (κ2) is 5.75. The number of carbonyl (C=O) groups is 1. The Bertz CT molecular complexity index is 1010. The second-order valence-electron chi connectivity index (χ2n) is 6.31. The van der Waals surface area contributed by atoms with Crippen molar-refractivity contribution in [3.63, 3.8) is 0 Å². The Morgan fingerprint density at radius 2 is 1.50 bits per heavy atom. The third kappa shape index (κ3) is 2.04. The molecule has 0 atom stereocenters. The van der Waals surface area contributed by atoms with E-state index in [0.29, 0.717) is 23.1 Å². The molecule has 0 radical (unpaired) electrons. The van der Waals surface area contributed by atoms with Gasteiger partial charge in [0.25, 0.3) is 5.56 Å². The lowest BCUT2D eigenvalue weighted by molar-refractivity contribution is 0.104.